The van der Waals surface area contributed by atoms with E-state index in [1.807, 2.05) is 56.4 Å². The largest absolute Gasteiger partial charge is 0.441 e. The van der Waals surface area contributed by atoms with E-state index in [2.05, 4.69) is 9.97 Å². The van der Waals surface area contributed by atoms with Crippen molar-refractivity contribution in [3.05, 3.63) is 71.9 Å². The van der Waals surface area contributed by atoms with E-state index in [-0.39, 0.29) is 12.3 Å². The summed E-state index contributed by atoms with van der Waals surface area (Å²) in [5.41, 5.74) is 2.77. The molecule has 0 radical (unpaired) electrons. The normalized spacial score (nSPS) is 10.6. The number of likely N-dealkylation sites (N-methyl/N-ethyl adjacent to an activating group) is 1. The van der Waals surface area contributed by atoms with Crippen LogP contribution in [0.3, 0.4) is 0 Å². The second-order valence-electron chi connectivity index (χ2n) is 5.99. The van der Waals surface area contributed by atoms with Crippen LogP contribution in [0.15, 0.2) is 59.3 Å². The lowest BCUT2D eigenvalue weighted by atomic mass is 10.2. The first-order chi connectivity index (χ1) is 12.1. The van der Waals surface area contributed by atoms with E-state index >= 15 is 0 Å². The van der Waals surface area contributed by atoms with E-state index in [0.29, 0.717) is 23.9 Å². The summed E-state index contributed by atoms with van der Waals surface area (Å²) < 4.78 is 5.72. The number of rotatable bonds is 6. The molecule has 0 N–H and O–H groups in total. The molecule has 0 atom stereocenters. The highest BCUT2D eigenvalue weighted by molar-refractivity contribution is 5.78. The van der Waals surface area contributed by atoms with Crippen LogP contribution in [0.4, 0.5) is 0 Å². The van der Waals surface area contributed by atoms with Gasteiger partial charge in [0.2, 0.25) is 11.8 Å². The van der Waals surface area contributed by atoms with Gasteiger partial charge in [-0.05, 0) is 43.2 Å². The van der Waals surface area contributed by atoms with Crippen LogP contribution in [0.1, 0.15) is 17.0 Å². The van der Waals surface area contributed by atoms with Crippen molar-refractivity contribution in [2.24, 2.45) is 0 Å². The summed E-state index contributed by atoms with van der Waals surface area (Å²) in [7, 11) is 1.82. The molecule has 0 bridgehead atoms. The molecule has 2 aromatic heterocycles. The highest BCUT2D eigenvalue weighted by atomic mass is 16.4. The van der Waals surface area contributed by atoms with Gasteiger partial charge in [-0.15, -0.1) is 0 Å². The Balaban J connectivity index is 1.61. The molecule has 2 heterocycles. The number of oxazole rings is 1. The Bertz CT molecular complexity index is 829. The quantitative estimate of drug-likeness (QED) is 0.693. The van der Waals surface area contributed by atoms with Crippen LogP contribution in [-0.2, 0) is 17.6 Å². The van der Waals surface area contributed by atoms with Crippen molar-refractivity contribution in [3.63, 3.8) is 0 Å². The van der Waals surface area contributed by atoms with Crippen LogP contribution in [0, 0.1) is 6.92 Å². The van der Waals surface area contributed by atoms with Gasteiger partial charge in [0.05, 0.1) is 12.1 Å². The van der Waals surface area contributed by atoms with Crippen LogP contribution < -0.4 is 0 Å². The Morgan fingerprint density at radius 3 is 2.56 bits per heavy atom. The molecule has 0 aliphatic rings. The van der Waals surface area contributed by atoms with Crippen molar-refractivity contribution in [1.29, 1.82) is 0 Å². The number of amides is 1. The lowest BCUT2D eigenvalue weighted by Crippen LogP contribution is -2.30. The fourth-order valence-electron chi connectivity index (χ4n) is 2.55. The average molecular weight is 335 g/mol. The van der Waals surface area contributed by atoms with Gasteiger partial charge in [-0.1, -0.05) is 18.2 Å². The third-order valence-corrected chi connectivity index (χ3v) is 4.14. The lowest BCUT2D eigenvalue weighted by molar-refractivity contribution is -0.129. The van der Waals surface area contributed by atoms with E-state index in [1.165, 1.54) is 5.56 Å². The number of hydrogen-bond donors (Lipinski definition) is 0. The number of aromatic nitrogens is 2. The van der Waals surface area contributed by atoms with Gasteiger partial charge >= 0.3 is 0 Å². The van der Waals surface area contributed by atoms with Crippen molar-refractivity contribution in [2.45, 2.75) is 19.8 Å². The van der Waals surface area contributed by atoms with E-state index in [0.717, 1.165) is 12.0 Å². The minimum absolute atomic E-state index is 0.0325. The molecule has 0 saturated carbocycles. The molecule has 3 aromatic rings. The van der Waals surface area contributed by atoms with Crippen LogP contribution in [0.2, 0.25) is 0 Å². The second-order valence-corrected chi connectivity index (χ2v) is 5.99. The number of hydrogen-bond acceptors (Lipinski definition) is 4. The molecular formula is C20H21N3O2. The number of nitrogens with zero attached hydrogens (tertiary/aromatic N) is 3. The molecule has 25 heavy (non-hydrogen) atoms. The van der Waals surface area contributed by atoms with Gasteiger partial charge in [-0.2, -0.15) is 0 Å². The predicted molar refractivity (Wildman–Crippen MR) is 96.0 cm³/mol. The van der Waals surface area contributed by atoms with Gasteiger partial charge in [-0.3, -0.25) is 9.78 Å². The minimum Gasteiger partial charge on any atom is -0.441 e. The van der Waals surface area contributed by atoms with E-state index in [4.69, 9.17) is 4.42 Å². The van der Waals surface area contributed by atoms with Crippen LogP contribution in [0.5, 0.6) is 0 Å². The molecule has 5 nitrogen and oxygen atoms in total. The first-order valence-electron chi connectivity index (χ1n) is 8.28. The Hall–Kier alpha value is -2.95. The predicted octanol–water partition coefficient (Wildman–Crippen LogP) is 3.29. The van der Waals surface area contributed by atoms with E-state index in [1.54, 1.807) is 17.3 Å². The van der Waals surface area contributed by atoms with Crippen LogP contribution >= 0.6 is 0 Å². The second kappa shape index (κ2) is 7.75. The first-order valence-corrected chi connectivity index (χ1v) is 8.28. The average Bonchev–Trinajstić information content (AvgIpc) is 3.02. The number of aryl methyl sites for hydroxylation is 1. The fraction of sp³-hybridized carbons (Fsp3) is 0.250. The number of pyridine rings is 1. The number of benzene rings is 1. The van der Waals surface area contributed by atoms with Crippen LogP contribution in [-0.4, -0.2) is 34.4 Å². The molecule has 0 spiro atoms. The standard InChI is InChI=1S/C20H21N3O2/c1-15-18(22-20(25-15)17-6-4-3-5-7-17)14-19(24)23(2)13-10-16-8-11-21-12-9-16/h3-9,11-12H,10,13-14H2,1-2H3. The zero-order valence-electron chi connectivity index (χ0n) is 14.5. The van der Waals surface area contributed by atoms with Gasteiger partial charge in [0.1, 0.15) is 5.76 Å². The fourth-order valence-corrected chi connectivity index (χ4v) is 2.55. The molecule has 0 saturated heterocycles. The zero-order chi connectivity index (χ0) is 17.6. The van der Waals surface area contributed by atoms with Gasteiger partial charge in [0.25, 0.3) is 0 Å². The maximum atomic E-state index is 12.5. The highest BCUT2D eigenvalue weighted by Crippen LogP contribution is 2.21. The lowest BCUT2D eigenvalue weighted by Gasteiger charge is -2.16. The molecule has 128 valence electrons. The molecule has 1 aromatic carbocycles. The summed E-state index contributed by atoms with van der Waals surface area (Å²) in [6.07, 6.45) is 4.58. The van der Waals surface area contributed by atoms with E-state index in [9.17, 15) is 4.79 Å². The topological polar surface area (TPSA) is 59.2 Å². The van der Waals surface area contributed by atoms with Crippen LogP contribution in [0.25, 0.3) is 11.5 Å². The summed E-state index contributed by atoms with van der Waals surface area (Å²) in [6, 6.07) is 13.6. The van der Waals surface area contributed by atoms with Crippen molar-refractivity contribution in [1.82, 2.24) is 14.9 Å². The number of carbonyl (C=O) groups excluding carboxylic acids is 1. The number of carbonyl (C=O) groups is 1. The third kappa shape index (κ3) is 4.32. The molecule has 5 heteroatoms. The Morgan fingerprint density at radius 2 is 1.84 bits per heavy atom. The van der Waals surface area contributed by atoms with Crippen molar-refractivity contribution >= 4 is 5.91 Å². The first kappa shape index (κ1) is 16.9. The van der Waals surface area contributed by atoms with Crippen molar-refractivity contribution in [2.75, 3.05) is 13.6 Å². The van der Waals surface area contributed by atoms with Gasteiger partial charge in [-0.25, -0.2) is 4.98 Å². The Labute approximate surface area is 147 Å². The maximum Gasteiger partial charge on any atom is 0.228 e. The Morgan fingerprint density at radius 1 is 1.12 bits per heavy atom. The molecule has 0 fully saturated rings. The molecular weight excluding hydrogens is 314 g/mol. The molecule has 0 aliphatic heterocycles. The van der Waals surface area contributed by atoms with E-state index < -0.39 is 0 Å². The van der Waals surface area contributed by atoms with Gasteiger partial charge < -0.3 is 9.32 Å². The van der Waals surface area contributed by atoms with Gasteiger partial charge in [0.15, 0.2) is 0 Å². The summed E-state index contributed by atoms with van der Waals surface area (Å²) in [6.45, 7) is 2.50. The summed E-state index contributed by atoms with van der Waals surface area (Å²) in [4.78, 5) is 22.7. The minimum atomic E-state index is 0.0325. The highest BCUT2D eigenvalue weighted by Gasteiger charge is 2.17. The third-order valence-electron chi connectivity index (χ3n) is 4.14. The summed E-state index contributed by atoms with van der Waals surface area (Å²) >= 11 is 0. The van der Waals surface area contributed by atoms with Crippen molar-refractivity contribution in [3.8, 4) is 11.5 Å². The SMILES string of the molecule is Cc1oc(-c2ccccc2)nc1CC(=O)N(C)CCc1ccncc1. The molecule has 0 aliphatic carbocycles. The molecule has 0 unspecified atom stereocenters. The molecule has 3 rings (SSSR count). The zero-order valence-corrected chi connectivity index (χ0v) is 14.5. The smallest absolute Gasteiger partial charge is 0.228 e. The molecule has 1 amide bonds. The Kier molecular flexibility index (Phi) is 5.23. The summed E-state index contributed by atoms with van der Waals surface area (Å²) in [5.74, 6) is 1.28. The van der Waals surface area contributed by atoms with Gasteiger partial charge in [0, 0.05) is 31.5 Å². The maximum absolute atomic E-state index is 12.5. The van der Waals surface area contributed by atoms with Crippen molar-refractivity contribution < 1.29 is 9.21 Å². The summed E-state index contributed by atoms with van der Waals surface area (Å²) in [5, 5.41) is 0. The monoisotopic (exact) mass is 335 g/mol.